The predicted octanol–water partition coefficient (Wildman–Crippen LogP) is 1.69. The van der Waals surface area contributed by atoms with Gasteiger partial charge >= 0.3 is 5.97 Å². The molecule has 1 aromatic heterocycles. The largest absolute Gasteiger partial charge is 0.477 e. The van der Waals surface area contributed by atoms with Gasteiger partial charge in [-0.3, -0.25) is 0 Å². The summed E-state index contributed by atoms with van der Waals surface area (Å²) in [6.45, 7) is 0.757. The molecule has 0 bridgehead atoms. The van der Waals surface area contributed by atoms with Gasteiger partial charge in [0.1, 0.15) is 16.0 Å². The van der Waals surface area contributed by atoms with E-state index in [2.05, 4.69) is 4.98 Å². The van der Waals surface area contributed by atoms with Crippen molar-refractivity contribution in [1.82, 2.24) is 4.98 Å². The van der Waals surface area contributed by atoms with Gasteiger partial charge < -0.3 is 9.84 Å². The summed E-state index contributed by atoms with van der Waals surface area (Å²) in [6, 6.07) is 0. The Balaban J connectivity index is 2.16. The molecule has 13 heavy (non-hydrogen) atoms. The van der Waals surface area contributed by atoms with E-state index in [4.69, 9.17) is 9.84 Å². The number of ether oxygens (including phenoxy) is 1. The van der Waals surface area contributed by atoms with Crippen LogP contribution >= 0.6 is 11.3 Å². The van der Waals surface area contributed by atoms with Gasteiger partial charge in [0.15, 0.2) is 0 Å². The molecule has 0 aliphatic carbocycles. The molecule has 1 aliphatic rings. The molecule has 2 rings (SSSR count). The first kappa shape index (κ1) is 8.65. The average molecular weight is 199 g/mol. The minimum absolute atomic E-state index is 0.0260. The van der Waals surface area contributed by atoms with Crippen molar-refractivity contribution < 1.29 is 14.6 Å². The highest BCUT2D eigenvalue weighted by atomic mass is 32.1. The number of aromatic carboxylic acids is 1. The molecule has 1 fully saturated rings. The number of hydrogen-bond acceptors (Lipinski definition) is 4. The summed E-state index contributed by atoms with van der Waals surface area (Å²) in [5.41, 5.74) is 0. The molecule has 1 aliphatic heterocycles. The zero-order valence-corrected chi connectivity index (χ0v) is 7.71. The molecule has 1 atom stereocenters. The summed E-state index contributed by atoms with van der Waals surface area (Å²) in [6.07, 6.45) is 3.40. The first-order valence-electron chi connectivity index (χ1n) is 4.08. The molecule has 1 saturated heterocycles. The lowest BCUT2D eigenvalue weighted by molar-refractivity contribution is 0.0702. The van der Waals surface area contributed by atoms with E-state index in [0.717, 1.165) is 24.5 Å². The number of rotatable bonds is 2. The zero-order valence-electron chi connectivity index (χ0n) is 6.90. The lowest BCUT2D eigenvalue weighted by Gasteiger charge is -2.02. The summed E-state index contributed by atoms with van der Waals surface area (Å²) in [4.78, 5) is 14.9. The van der Waals surface area contributed by atoms with Crippen molar-refractivity contribution in [1.29, 1.82) is 0 Å². The number of thiazole rings is 1. The summed E-state index contributed by atoms with van der Waals surface area (Å²) < 4.78 is 5.39. The van der Waals surface area contributed by atoms with Gasteiger partial charge in [-0.1, -0.05) is 0 Å². The van der Waals surface area contributed by atoms with Gasteiger partial charge in [0.25, 0.3) is 0 Å². The molecule has 1 N–H and O–H groups in total. The first-order valence-corrected chi connectivity index (χ1v) is 4.89. The molecule has 4 nitrogen and oxygen atoms in total. The second kappa shape index (κ2) is 3.43. The number of carboxylic acid groups (broad SMARTS) is 1. The van der Waals surface area contributed by atoms with E-state index >= 15 is 0 Å². The van der Waals surface area contributed by atoms with Crippen LogP contribution < -0.4 is 0 Å². The molecular weight excluding hydrogens is 190 g/mol. The van der Waals surface area contributed by atoms with Crippen molar-refractivity contribution in [2.45, 2.75) is 18.9 Å². The van der Waals surface area contributed by atoms with Crippen LogP contribution in [0.25, 0.3) is 0 Å². The molecule has 0 amide bonds. The van der Waals surface area contributed by atoms with E-state index < -0.39 is 5.97 Å². The van der Waals surface area contributed by atoms with Crippen molar-refractivity contribution in [2.24, 2.45) is 0 Å². The number of aromatic nitrogens is 1. The Hall–Kier alpha value is -0.940. The van der Waals surface area contributed by atoms with Crippen LogP contribution in [0.15, 0.2) is 6.20 Å². The summed E-state index contributed by atoms with van der Waals surface area (Å²) >= 11 is 1.20. The van der Waals surface area contributed by atoms with E-state index in [1.165, 1.54) is 17.5 Å². The highest BCUT2D eigenvalue weighted by Gasteiger charge is 2.21. The molecule has 1 aromatic rings. The Morgan fingerprint density at radius 3 is 3.15 bits per heavy atom. The lowest BCUT2D eigenvalue weighted by atomic mass is 10.2. The fourth-order valence-corrected chi connectivity index (χ4v) is 2.15. The molecule has 0 radical (unpaired) electrons. The van der Waals surface area contributed by atoms with Crippen molar-refractivity contribution >= 4 is 17.3 Å². The van der Waals surface area contributed by atoms with E-state index in [0.29, 0.717) is 0 Å². The maximum atomic E-state index is 10.6. The highest BCUT2D eigenvalue weighted by Crippen LogP contribution is 2.31. The van der Waals surface area contributed by atoms with Gasteiger partial charge in [0, 0.05) is 6.61 Å². The normalized spacial score (nSPS) is 22.0. The predicted molar refractivity (Wildman–Crippen MR) is 47.0 cm³/mol. The number of carboxylic acids is 1. The lowest BCUT2D eigenvalue weighted by Crippen LogP contribution is -1.93. The third-order valence-electron chi connectivity index (χ3n) is 1.94. The van der Waals surface area contributed by atoms with E-state index in [1.807, 2.05) is 0 Å². The monoisotopic (exact) mass is 199 g/mol. The SMILES string of the molecule is O=C(O)c1cnc([C@@H]2CCCO2)s1. The number of nitrogens with zero attached hydrogens (tertiary/aromatic N) is 1. The quantitative estimate of drug-likeness (QED) is 0.787. The van der Waals surface area contributed by atoms with Crippen LogP contribution in [0.3, 0.4) is 0 Å². The van der Waals surface area contributed by atoms with Crippen LogP contribution in [0.2, 0.25) is 0 Å². The average Bonchev–Trinajstić information content (AvgIpc) is 2.75. The van der Waals surface area contributed by atoms with Crippen molar-refractivity contribution in [2.75, 3.05) is 6.61 Å². The Morgan fingerprint density at radius 1 is 1.77 bits per heavy atom. The van der Waals surface area contributed by atoms with Gasteiger partial charge in [-0.2, -0.15) is 0 Å². The van der Waals surface area contributed by atoms with E-state index in [-0.39, 0.29) is 11.0 Å². The molecular formula is C8H9NO3S. The van der Waals surface area contributed by atoms with Gasteiger partial charge in [-0.05, 0) is 12.8 Å². The van der Waals surface area contributed by atoms with Gasteiger partial charge in [-0.25, -0.2) is 9.78 Å². The molecule has 0 spiro atoms. The second-order valence-electron chi connectivity index (χ2n) is 2.87. The Morgan fingerprint density at radius 2 is 2.62 bits per heavy atom. The van der Waals surface area contributed by atoms with Gasteiger partial charge in [-0.15, -0.1) is 11.3 Å². The van der Waals surface area contributed by atoms with Crippen LogP contribution in [-0.4, -0.2) is 22.7 Å². The summed E-state index contributed by atoms with van der Waals surface area (Å²) in [7, 11) is 0. The maximum absolute atomic E-state index is 10.6. The standard InChI is InChI=1S/C8H9NO3S/c10-8(11)6-4-9-7(13-6)5-2-1-3-12-5/h4-5H,1-3H2,(H,10,11)/t5-/m0/s1. The van der Waals surface area contributed by atoms with Crippen LogP contribution in [0.4, 0.5) is 0 Å². The molecule has 0 unspecified atom stereocenters. The third kappa shape index (κ3) is 1.71. The van der Waals surface area contributed by atoms with Crippen LogP contribution in [0, 0.1) is 0 Å². The minimum Gasteiger partial charge on any atom is -0.477 e. The van der Waals surface area contributed by atoms with Gasteiger partial charge in [0.05, 0.1) is 6.20 Å². The van der Waals surface area contributed by atoms with E-state index in [9.17, 15) is 4.79 Å². The third-order valence-corrected chi connectivity index (χ3v) is 3.02. The Labute approximate surface area is 79.2 Å². The Kier molecular flexibility index (Phi) is 2.28. The fourth-order valence-electron chi connectivity index (χ4n) is 1.31. The minimum atomic E-state index is -0.915. The highest BCUT2D eigenvalue weighted by molar-refractivity contribution is 7.13. The van der Waals surface area contributed by atoms with E-state index in [1.54, 1.807) is 0 Å². The van der Waals surface area contributed by atoms with Crippen molar-refractivity contribution in [3.05, 3.63) is 16.1 Å². The molecule has 0 aromatic carbocycles. The molecule has 70 valence electrons. The first-order chi connectivity index (χ1) is 6.27. The maximum Gasteiger partial charge on any atom is 0.347 e. The van der Waals surface area contributed by atoms with Gasteiger partial charge in [0.2, 0.25) is 0 Å². The number of carbonyl (C=O) groups is 1. The molecule has 2 heterocycles. The topological polar surface area (TPSA) is 59.4 Å². The molecule has 5 heteroatoms. The van der Waals surface area contributed by atoms with Crippen LogP contribution in [0.5, 0.6) is 0 Å². The zero-order chi connectivity index (χ0) is 9.26. The number of hydrogen-bond donors (Lipinski definition) is 1. The van der Waals surface area contributed by atoms with Crippen molar-refractivity contribution in [3.8, 4) is 0 Å². The van der Waals surface area contributed by atoms with Crippen molar-refractivity contribution in [3.63, 3.8) is 0 Å². The summed E-state index contributed by atoms with van der Waals surface area (Å²) in [5.74, 6) is -0.915. The Bertz CT molecular complexity index is 317. The van der Waals surface area contributed by atoms with Crippen LogP contribution in [-0.2, 0) is 4.74 Å². The second-order valence-corrected chi connectivity index (χ2v) is 3.93. The smallest absolute Gasteiger partial charge is 0.347 e. The molecule has 0 saturated carbocycles. The van der Waals surface area contributed by atoms with Crippen LogP contribution in [0.1, 0.15) is 33.6 Å². The summed E-state index contributed by atoms with van der Waals surface area (Å²) in [5, 5.41) is 9.46. The fraction of sp³-hybridized carbons (Fsp3) is 0.500.